The lowest BCUT2D eigenvalue weighted by Crippen LogP contribution is -2.47. The molecule has 3 N–H and O–H groups in total. The maximum absolute atomic E-state index is 12.5. The Balaban J connectivity index is 1.22. The molecule has 1 aliphatic rings. The lowest BCUT2D eigenvalue weighted by atomic mass is 10.1. The first-order valence-corrected chi connectivity index (χ1v) is 11.2. The number of H-pyrrole nitrogens is 1. The van der Waals surface area contributed by atoms with E-state index in [9.17, 15) is 14.7 Å². The van der Waals surface area contributed by atoms with Crippen molar-refractivity contribution in [2.45, 2.75) is 12.8 Å². The Morgan fingerprint density at radius 2 is 1.84 bits per heavy atom. The van der Waals surface area contributed by atoms with Gasteiger partial charge in [0, 0.05) is 59.9 Å². The number of aromatic amines is 1. The quantitative estimate of drug-likeness (QED) is 0.454. The number of nitrogens with one attached hydrogen (secondary N) is 2. The van der Waals surface area contributed by atoms with Crippen LogP contribution in [0.1, 0.15) is 22.5 Å². The molecule has 3 aromatic rings. The van der Waals surface area contributed by atoms with E-state index in [1.807, 2.05) is 42.5 Å². The van der Waals surface area contributed by atoms with Crippen molar-refractivity contribution < 1.29 is 14.7 Å². The number of benzene rings is 2. The predicted molar refractivity (Wildman–Crippen MR) is 127 cm³/mol. The van der Waals surface area contributed by atoms with Gasteiger partial charge in [0.25, 0.3) is 0 Å². The van der Waals surface area contributed by atoms with E-state index in [4.69, 9.17) is 11.6 Å². The Morgan fingerprint density at radius 1 is 1.06 bits per heavy atom. The lowest BCUT2D eigenvalue weighted by Gasteiger charge is -2.36. The summed E-state index contributed by atoms with van der Waals surface area (Å²) in [6.45, 7) is 5.32. The van der Waals surface area contributed by atoms with Crippen LogP contribution in [0.15, 0.2) is 48.5 Å². The monoisotopic (exact) mass is 454 g/mol. The zero-order valence-electron chi connectivity index (χ0n) is 17.8. The number of nitrogens with zero attached hydrogens (tertiary/aromatic N) is 2. The molecule has 0 radical (unpaired) electrons. The third-order valence-corrected chi connectivity index (χ3v) is 6.12. The minimum atomic E-state index is -1.05. The number of para-hydroxylation sites is 1. The Bertz CT molecular complexity index is 1110. The van der Waals surface area contributed by atoms with Crippen LogP contribution in [0.25, 0.3) is 10.9 Å². The van der Waals surface area contributed by atoms with Crippen LogP contribution in [0.2, 0.25) is 5.02 Å². The van der Waals surface area contributed by atoms with E-state index in [0.717, 1.165) is 60.8 Å². The highest BCUT2D eigenvalue weighted by Crippen LogP contribution is 2.23. The Morgan fingerprint density at radius 3 is 2.59 bits per heavy atom. The Labute approximate surface area is 192 Å². The molecule has 32 heavy (non-hydrogen) atoms. The molecule has 7 nitrogen and oxygen atoms in total. The summed E-state index contributed by atoms with van der Waals surface area (Å²) in [5.41, 5.74) is 2.49. The Hall–Kier alpha value is -3.03. The second-order valence-electron chi connectivity index (χ2n) is 8.02. The van der Waals surface area contributed by atoms with E-state index < -0.39 is 5.97 Å². The van der Waals surface area contributed by atoms with Gasteiger partial charge in [-0.3, -0.25) is 9.69 Å². The number of piperazine rings is 1. The first-order chi connectivity index (χ1) is 15.5. The fraction of sp³-hybridized carbons (Fsp3) is 0.333. The van der Waals surface area contributed by atoms with E-state index in [1.165, 1.54) is 0 Å². The molecule has 8 heteroatoms. The third kappa shape index (κ3) is 5.23. The molecule has 2 aromatic carbocycles. The average Bonchev–Trinajstić information content (AvgIpc) is 3.16. The summed E-state index contributed by atoms with van der Waals surface area (Å²) in [7, 11) is 0. The summed E-state index contributed by atoms with van der Waals surface area (Å²) in [4.78, 5) is 31.7. The van der Waals surface area contributed by atoms with Crippen LogP contribution in [0.5, 0.6) is 0 Å². The van der Waals surface area contributed by atoms with E-state index in [2.05, 4.69) is 26.2 Å². The van der Waals surface area contributed by atoms with E-state index in [-0.39, 0.29) is 18.0 Å². The summed E-state index contributed by atoms with van der Waals surface area (Å²) < 4.78 is 0. The molecule has 1 aliphatic heterocycles. The van der Waals surface area contributed by atoms with Crippen LogP contribution in [-0.4, -0.2) is 66.1 Å². The average molecular weight is 455 g/mol. The number of amides is 1. The van der Waals surface area contributed by atoms with Gasteiger partial charge < -0.3 is 20.3 Å². The second kappa shape index (κ2) is 10.1. The maximum Gasteiger partial charge on any atom is 0.352 e. The molecule has 0 bridgehead atoms. The molecule has 0 saturated carbocycles. The fourth-order valence-corrected chi connectivity index (χ4v) is 4.41. The van der Waals surface area contributed by atoms with Crippen LogP contribution in [-0.2, 0) is 11.2 Å². The van der Waals surface area contributed by atoms with Gasteiger partial charge in [0.2, 0.25) is 5.91 Å². The SMILES string of the molecule is O=C(Cc1c(C(=O)O)[nH]c2ccccc12)NCCCN1CCN(c2cccc(Cl)c2)CC1. The second-order valence-corrected chi connectivity index (χ2v) is 8.45. The lowest BCUT2D eigenvalue weighted by molar-refractivity contribution is -0.120. The van der Waals surface area contributed by atoms with Gasteiger partial charge in [0.15, 0.2) is 0 Å². The van der Waals surface area contributed by atoms with Crippen LogP contribution < -0.4 is 10.2 Å². The van der Waals surface area contributed by atoms with Gasteiger partial charge >= 0.3 is 5.97 Å². The molecule has 0 atom stereocenters. The van der Waals surface area contributed by atoms with Crippen molar-refractivity contribution in [3.05, 3.63) is 64.8 Å². The summed E-state index contributed by atoms with van der Waals surface area (Å²) in [5.74, 6) is -1.22. The van der Waals surface area contributed by atoms with Crippen LogP contribution >= 0.6 is 11.6 Å². The highest BCUT2D eigenvalue weighted by molar-refractivity contribution is 6.30. The van der Waals surface area contributed by atoms with Crippen molar-refractivity contribution in [3.8, 4) is 0 Å². The van der Waals surface area contributed by atoms with Gasteiger partial charge in [0.05, 0.1) is 6.42 Å². The predicted octanol–water partition coefficient (Wildman–Crippen LogP) is 3.39. The van der Waals surface area contributed by atoms with E-state index in [1.54, 1.807) is 0 Å². The van der Waals surface area contributed by atoms with Crippen molar-refractivity contribution >= 4 is 40.1 Å². The standard InChI is InChI=1S/C24H27ClN4O3/c25-17-5-3-6-18(15-17)29-13-11-28(12-14-29)10-4-9-26-22(30)16-20-19-7-1-2-8-21(19)27-23(20)24(31)32/h1-3,5-8,15,27H,4,9-14,16H2,(H,26,30)(H,31,32). The topological polar surface area (TPSA) is 88.7 Å². The van der Waals surface area contributed by atoms with Crippen molar-refractivity contribution in [1.29, 1.82) is 0 Å². The Kier molecular flexibility index (Phi) is 6.97. The summed E-state index contributed by atoms with van der Waals surface area (Å²) >= 11 is 6.10. The van der Waals surface area contributed by atoms with Crippen molar-refractivity contribution in [3.63, 3.8) is 0 Å². The normalized spacial score (nSPS) is 14.6. The van der Waals surface area contributed by atoms with Crippen molar-refractivity contribution in [1.82, 2.24) is 15.2 Å². The molecule has 1 saturated heterocycles. The van der Waals surface area contributed by atoms with Crippen LogP contribution in [0, 0.1) is 0 Å². The van der Waals surface area contributed by atoms with Crippen LogP contribution in [0.4, 0.5) is 5.69 Å². The molecule has 4 rings (SSSR count). The molecule has 0 aliphatic carbocycles. The molecule has 1 fully saturated rings. The highest BCUT2D eigenvalue weighted by atomic mass is 35.5. The number of carbonyl (C=O) groups excluding carboxylic acids is 1. The van der Waals surface area contributed by atoms with Gasteiger partial charge in [-0.15, -0.1) is 0 Å². The number of hydrogen-bond donors (Lipinski definition) is 3. The largest absolute Gasteiger partial charge is 0.477 e. The number of rotatable bonds is 8. The number of aromatic carboxylic acids is 1. The highest BCUT2D eigenvalue weighted by Gasteiger charge is 2.20. The molecule has 0 spiro atoms. The van der Waals surface area contributed by atoms with Gasteiger partial charge in [-0.2, -0.15) is 0 Å². The number of halogens is 1. The number of carboxylic acid groups (broad SMARTS) is 1. The first kappa shape index (κ1) is 22.2. The van der Waals surface area contributed by atoms with Gasteiger partial charge in [0.1, 0.15) is 5.69 Å². The number of carboxylic acids is 1. The minimum absolute atomic E-state index is 0.0456. The third-order valence-electron chi connectivity index (χ3n) is 5.88. The summed E-state index contributed by atoms with van der Waals surface area (Å²) in [6, 6.07) is 15.3. The number of carbonyl (C=O) groups is 2. The molecule has 0 unspecified atom stereocenters. The summed E-state index contributed by atoms with van der Waals surface area (Å²) in [5, 5.41) is 13.9. The zero-order valence-corrected chi connectivity index (χ0v) is 18.6. The van der Waals surface area contributed by atoms with Gasteiger partial charge in [-0.1, -0.05) is 35.9 Å². The van der Waals surface area contributed by atoms with Gasteiger partial charge in [-0.25, -0.2) is 4.79 Å². The molecule has 1 aromatic heterocycles. The zero-order chi connectivity index (χ0) is 22.5. The minimum Gasteiger partial charge on any atom is -0.477 e. The van der Waals surface area contributed by atoms with E-state index in [0.29, 0.717) is 12.1 Å². The number of fused-ring (bicyclic) bond motifs is 1. The number of anilines is 1. The molecular weight excluding hydrogens is 428 g/mol. The molecular formula is C24H27ClN4O3. The van der Waals surface area contributed by atoms with Crippen molar-refractivity contribution in [2.75, 3.05) is 44.2 Å². The maximum atomic E-state index is 12.5. The summed E-state index contributed by atoms with van der Waals surface area (Å²) in [6.07, 6.45) is 0.895. The number of aromatic nitrogens is 1. The van der Waals surface area contributed by atoms with Crippen molar-refractivity contribution in [2.24, 2.45) is 0 Å². The molecule has 168 valence electrons. The molecule has 1 amide bonds. The number of hydrogen-bond acceptors (Lipinski definition) is 4. The smallest absolute Gasteiger partial charge is 0.352 e. The van der Waals surface area contributed by atoms with Crippen LogP contribution in [0.3, 0.4) is 0 Å². The van der Waals surface area contributed by atoms with E-state index >= 15 is 0 Å². The molecule has 2 heterocycles. The van der Waals surface area contributed by atoms with Gasteiger partial charge in [-0.05, 0) is 37.2 Å². The first-order valence-electron chi connectivity index (χ1n) is 10.8. The fourth-order valence-electron chi connectivity index (χ4n) is 4.22.